The van der Waals surface area contributed by atoms with Gasteiger partial charge in [-0.3, -0.25) is 0 Å². The van der Waals surface area contributed by atoms with E-state index in [1.165, 1.54) is 6.07 Å². The fourth-order valence-corrected chi connectivity index (χ4v) is 2.79. The Hall–Kier alpha value is -2.38. The number of aryl methyl sites for hydroxylation is 1. The minimum atomic E-state index is -4.59. The second-order valence-electron chi connectivity index (χ2n) is 6.17. The minimum absolute atomic E-state index is 0.0360. The largest absolute Gasteiger partial charge is 0.433 e. The monoisotopic (exact) mass is 354 g/mol. The zero-order chi connectivity index (χ0) is 18.0. The van der Waals surface area contributed by atoms with Crippen LogP contribution in [-0.2, 0) is 6.18 Å². The van der Waals surface area contributed by atoms with Gasteiger partial charge in [0.25, 0.3) is 0 Å². The van der Waals surface area contributed by atoms with Gasteiger partial charge in [-0.2, -0.15) is 18.2 Å². The van der Waals surface area contributed by atoms with Crippen LogP contribution in [0.2, 0.25) is 0 Å². The number of nitrogens with zero attached hydrogens (tertiary/aromatic N) is 2. The molecule has 1 aliphatic carbocycles. The van der Waals surface area contributed by atoms with Crippen LogP contribution >= 0.6 is 0 Å². The molecule has 1 aliphatic rings. The second-order valence-corrected chi connectivity index (χ2v) is 6.17. The molecule has 1 heterocycles. The molecule has 0 amide bonds. The molecular weight excluding hydrogens is 336 g/mol. The van der Waals surface area contributed by atoms with Gasteiger partial charge in [-0.1, -0.05) is 18.9 Å². The molecule has 0 atom stereocenters. The Labute approximate surface area is 142 Å². The van der Waals surface area contributed by atoms with Gasteiger partial charge in [0.2, 0.25) is 5.95 Å². The Morgan fingerprint density at radius 3 is 2.44 bits per heavy atom. The molecule has 1 aromatic carbocycles. The first-order valence-corrected chi connectivity index (χ1v) is 8.07. The molecule has 25 heavy (non-hydrogen) atoms. The Morgan fingerprint density at radius 1 is 1.08 bits per heavy atom. The Balaban J connectivity index is 1.89. The molecule has 0 aliphatic heterocycles. The van der Waals surface area contributed by atoms with E-state index < -0.39 is 17.7 Å². The SMILES string of the molecule is Cc1ccc(Nc2cc(C(F)(F)F)nc(NC3CCCC3)n2)cc1F. The van der Waals surface area contributed by atoms with E-state index in [4.69, 9.17) is 0 Å². The molecule has 2 aromatic rings. The lowest BCUT2D eigenvalue weighted by Gasteiger charge is -2.16. The van der Waals surface area contributed by atoms with Gasteiger partial charge in [0.15, 0.2) is 5.69 Å². The quantitative estimate of drug-likeness (QED) is 0.755. The highest BCUT2D eigenvalue weighted by Crippen LogP contribution is 2.31. The number of hydrogen-bond donors (Lipinski definition) is 2. The van der Waals surface area contributed by atoms with E-state index in [1.807, 2.05) is 0 Å². The van der Waals surface area contributed by atoms with E-state index in [9.17, 15) is 17.6 Å². The number of alkyl halides is 3. The molecule has 8 heteroatoms. The number of aromatic nitrogens is 2. The fourth-order valence-electron chi connectivity index (χ4n) is 2.79. The number of hydrogen-bond acceptors (Lipinski definition) is 4. The molecule has 0 radical (unpaired) electrons. The molecule has 2 N–H and O–H groups in total. The lowest BCUT2D eigenvalue weighted by Crippen LogP contribution is -2.19. The van der Waals surface area contributed by atoms with Crippen LogP contribution in [0.3, 0.4) is 0 Å². The highest BCUT2D eigenvalue weighted by atomic mass is 19.4. The molecule has 0 unspecified atom stereocenters. The topological polar surface area (TPSA) is 49.8 Å². The molecule has 134 valence electrons. The van der Waals surface area contributed by atoms with Gasteiger partial charge in [0.05, 0.1) is 0 Å². The summed E-state index contributed by atoms with van der Waals surface area (Å²) in [4.78, 5) is 7.68. The third-order valence-electron chi connectivity index (χ3n) is 4.15. The Morgan fingerprint density at radius 2 is 1.80 bits per heavy atom. The van der Waals surface area contributed by atoms with Crippen molar-refractivity contribution in [2.75, 3.05) is 10.6 Å². The number of halogens is 4. The minimum Gasteiger partial charge on any atom is -0.351 e. The first kappa shape index (κ1) is 17.4. The van der Waals surface area contributed by atoms with E-state index in [2.05, 4.69) is 20.6 Å². The standard InChI is InChI=1S/C17H18F4N4/c1-10-6-7-12(8-13(10)18)22-15-9-14(17(19,20)21)24-16(25-15)23-11-4-2-3-5-11/h6-9,11H,2-5H2,1H3,(H2,22,23,24,25). The van der Waals surface area contributed by atoms with E-state index in [1.54, 1.807) is 19.1 Å². The zero-order valence-electron chi connectivity index (χ0n) is 13.6. The lowest BCUT2D eigenvalue weighted by atomic mass is 10.2. The summed E-state index contributed by atoms with van der Waals surface area (Å²) >= 11 is 0. The van der Waals surface area contributed by atoms with E-state index >= 15 is 0 Å². The summed E-state index contributed by atoms with van der Waals surface area (Å²) in [5.41, 5.74) is -0.271. The van der Waals surface area contributed by atoms with Gasteiger partial charge >= 0.3 is 6.18 Å². The Kier molecular flexibility index (Phi) is 4.78. The summed E-state index contributed by atoms with van der Waals surface area (Å²) in [6.45, 7) is 1.61. The van der Waals surface area contributed by atoms with Crippen molar-refractivity contribution in [1.29, 1.82) is 0 Å². The number of rotatable bonds is 4. The van der Waals surface area contributed by atoms with Crippen LogP contribution in [0.25, 0.3) is 0 Å². The van der Waals surface area contributed by atoms with Crippen molar-refractivity contribution in [3.63, 3.8) is 0 Å². The van der Waals surface area contributed by atoms with Crippen LogP contribution < -0.4 is 10.6 Å². The lowest BCUT2D eigenvalue weighted by molar-refractivity contribution is -0.141. The fraction of sp³-hybridized carbons (Fsp3) is 0.412. The zero-order valence-corrected chi connectivity index (χ0v) is 13.6. The van der Waals surface area contributed by atoms with Crippen molar-refractivity contribution >= 4 is 17.5 Å². The molecule has 3 rings (SSSR count). The van der Waals surface area contributed by atoms with Crippen LogP contribution in [0.1, 0.15) is 36.9 Å². The van der Waals surface area contributed by atoms with Crippen molar-refractivity contribution < 1.29 is 17.6 Å². The van der Waals surface area contributed by atoms with Crippen LogP contribution in [0.15, 0.2) is 24.3 Å². The molecular formula is C17H18F4N4. The summed E-state index contributed by atoms with van der Waals surface area (Å²) in [6.07, 6.45) is -0.768. The summed E-state index contributed by atoms with van der Waals surface area (Å²) in [6, 6.07) is 5.24. The molecule has 1 aromatic heterocycles. The number of benzene rings is 1. The summed E-state index contributed by atoms with van der Waals surface area (Å²) < 4.78 is 53.0. The van der Waals surface area contributed by atoms with Crippen LogP contribution in [0.5, 0.6) is 0 Å². The van der Waals surface area contributed by atoms with E-state index in [0.29, 0.717) is 11.3 Å². The van der Waals surface area contributed by atoms with Gasteiger partial charge in [-0.05, 0) is 37.5 Å². The van der Waals surface area contributed by atoms with Crippen LogP contribution in [0, 0.1) is 12.7 Å². The number of nitrogens with one attached hydrogen (secondary N) is 2. The first-order chi connectivity index (χ1) is 11.8. The maximum atomic E-state index is 13.6. The van der Waals surface area contributed by atoms with Gasteiger partial charge in [0, 0.05) is 17.8 Å². The molecule has 1 saturated carbocycles. The molecule has 0 bridgehead atoms. The molecule has 0 saturated heterocycles. The van der Waals surface area contributed by atoms with Crippen LogP contribution in [0.4, 0.5) is 35.0 Å². The molecule has 1 fully saturated rings. The van der Waals surface area contributed by atoms with Gasteiger partial charge in [-0.15, -0.1) is 0 Å². The maximum Gasteiger partial charge on any atom is 0.433 e. The smallest absolute Gasteiger partial charge is 0.351 e. The highest BCUT2D eigenvalue weighted by molar-refractivity contribution is 5.58. The van der Waals surface area contributed by atoms with Crippen molar-refractivity contribution in [2.45, 2.75) is 44.8 Å². The predicted molar refractivity (Wildman–Crippen MR) is 87.3 cm³/mol. The van der Waals surface area contributed by atoms with Crippen LogP contribution in [-0.4, -0.2) is 16.0 Å². The third-order valence-corrected chi connectivity index (χ3v) is 4.15. The van der Waals surface area contributed by atoms with Gasteiger partial charge < -0.3 is 10.6 Å². The van der Waals surface area contributed by atoms with Crippen molar-refractivity contribution in [2.24, 2.45) is 0 Å². The highest BCUT2D eigenvalue weighted by Gasteiger charge is 2.34. The van der Waals surface area contributed by atoms with E-state index in [-0.39, 0.29) is 17.8 Å². The normalized spacial score (nSPS) is 15.4. The summed E-state index contributed by atoms with van der Waals surface area (Å²) in [7, 11) is 0. The first-order valence-electron chi connectivity index (χ1n) is 8.07. The third kappa shape index (κ3) is 4.37. The van der Waals surface area contributed by atoms with Crippen molar-refractivity contribution in [3.8, 4) is 0 Å². The average Bonchev–Trinajstić information content (AvgIpc) is 3.03. The predicted octanol–water partition coefficient (Wildman–Crippen LogP) is 5.04. The van der Waals surface area contributed by atoms with E-state index in [0.717, 1.165) is 31.7 Å². The Bertz CT molecular complexity index is 755. The molecule has 4 nitrogen and oxygen atoms in total. The number of anilines is 3. The van der Waals surface area contributed by atoms with Gasteiger partial charge in [-0.25, -0.2) is 9.37 Å². The van der Waals surface area contributed by atoms with Crippen molar-refractivity contribution in [1.82, 2.24) is 9.97 Å². The van der Waals surface area contributed by atoms with Crippen molar-refractivity contribution in [3.05, 3.63) is 41.3 Å². The second kappa shape index (κ2) is 6.85. The average molecular weight is 354 g/mol. The van der Waals surface area contributed by atoms with Gasteiger partial charge in [0.1, 0.15) is 11.6 Å². The summed E-state index contributed by atoms with van der Waals surface area (Å²) in [5.74, 6) is -0.553. The molecule has 0 spiro atoms. The maximum absolute atomic E-state index is 13.6. The summed E-state index contributed by atoms with van der Waals surface area (Å²) in [5, 5.41) is 5.68.